The first kappa shape index (κ1) is 13.0. The number of nitrogens with one attached hydrogen (secondary N) is 1. The highest BCUT2D eigenvalue weighted by Gasteiger charge is 2.28. The first-order chi connectivity index (χ1) is 8.10. The average Bonchev–Trinajstić information content (AvgIpc) is 2.83. The lowest BCUT2D eigenvalue weighted by atomic mass is 10.4. The molecule has 96 valence electrons. The highest BCUT2D eigenvalue weighted by Crippen LogP contribution is 2.15. The van der Waals surface area contributed by atoms with E-state index in [1.165, 1.54) is 8.61 Å². The Hall–Kier alpha value is -0.470. The Bertz CT molecular complexity index is 438. The monoisotopic (exact) mass is 275 g/mol. The van der Waals surface area contributed by atoms with Crippen LogP contribution in [-0.4, -0.2) is 50.3 Å². The molecule has 0 radical (unpaired) electrons. The van der Waals surface area contributed by atoms with Crippen LogP contribution in [0.15, 0.2) is 17.5 Å². The van der Waals surface area contributed by atoms with Crippen LogP contribution in [0.3, 0.4) is 0 Å². The van der Waals surface area contributed by atoms with Crippen LogP contribution < -0.4 is 5.32 Å². The van der Waals surface area contributed by atoms with Gasteiger partial charge in [0.15, 0.2) is 0 Å². The van der Waals surface area contributed by atoms with Gasteiger partial charge < -0.3 is 5.32 Å². The summed E-state index contributed by atoms with van der Waals surface area (Å²) in [6.45, 7) is 3.01. The molecule has 1 aromatic rings. The lowest BCUT2D eigenvalue weighted by molar-refractivity contribution is 0.325. The second-order valence-corrected chi connectivity index (χ2v) is 7.06. The molecule has 2 rings (SSSR count). The highest BCUT2D eigenvalue weighted by molar-refractivity contribution is 7.86. The maximum atomic E-state index is 12.2. The van der Waals surface area contributed by atoms with Crippen molar-refractivity contribution in [1.29, 1.82) is 0 Å². The second kappa shape index (κ2) is 5.45. The van der Waals surface area contributed by atoms with Crippen molar-refractivity contribution in [3.8, 4) is 0 Å². The summed E-state index contributed by atoms with van der Waals surface area (Å²) in [5.74, 6) is 0. The average molecular weight is 275 g/mol. The molecule has 0 saturated carbocycles. The molecule has 2 heterocycles. The fraction of sp³-hybridized carbons (Fsp3) is 0.600. The standard InChI is InChI=1S/C10H17N3O2S2/c1-12(9-10-3-2-8-16-10)17(14,15)13-6-4-11-5-7-13/h2-3,8,11H,4-7,9H2,1H3. The van der Waals surface area contributed by atoms with Crippen LogP contribution in [0.1, 0.15) is 4.88 Å². The Morgan fingerprint density at radius 2 is 2.18 bits per heavy atom. The summed E-state index contributed by atoms with van der Waals surface area (Å²) in [6.07, 6.45) is 0. The van der Waals surface area contributed by atoms with E-state index in [1.54, 1.807) is 18.4 Å². The SMILES string of the molecule is CN(Cc1cccs1)S(=O)(=O)N1CCNCC1. The molecule has 0 aromatic carbocycles. The molecule has 17 heavy (non-hydrogen) atoms. The van der Waals surface area contributed by atoms with Gasteiger partial charge in [0, 0.05) is 44.6 Å². The smallest absolute Gasteiger partial charge is 0.282 e. The zero-order valence-corrected chi connectivity index (χ0v) is 11.4. The summed E-state index contributed by atoms with van der Waals surface area (Å²) in [5.41, 5.74) is 0. The van der Waals surface area contributed by atoms with Gasteiger partial charge in [0.25, 0.3) is 10.2 Å². The van der Waals surface area contributed by atoms with Crippen molar-refractivity contribution in [2.24, 2.45) is 0 Å². The van der Waals surface area contributed by atoms with Gasteiger partial charge in [-0.15, -0.1) is 11.3 Å². The van der Waals surface area contributed by atoms with Crippen LogP contribution in [0.2, 0.25) is 0 Å². The van der Waals surface area contributed by atoms with Gasteiger partial charge in [0.1, 0.15) is 0 Å². The lowest BCUT2D eigenvalue weighted by Crippen LogP contribution is -2.50. The third-order valence-electron chi connectivity index (χ3n) is 2.75. The summed E-state index contributed by atoms with van der Waals surface area (Å²) in [7, 11) is -1.67. The molecule has 0 atom stereocenters. The minimum absolute atomic E-state index is 0.448. The number of nitrogens with zero attached hydrogens (tertiary/aromatic N) is 2. The number of thiophene rings is 1. The Labute approximate surface area is 106 Å². The summed E-state index contributed by atoms with van der Waals surface area (Å²) in [6, 6.07) is 3.89. The van der Waals surface area contributed by atoms with E-state index in [0.717, 1.165) is 18.0 Å². The summed E-state index contributed by atoms with van der Waals surface area (Å²) >= 11 is 1.58. The Balaban J connectivity index is 2.03. The minimum Gasteiger partial charge on any atom is -0.314 e. The van der Waals surface area contributed by atoms with E-state index in [-0.39, 0.29) is 0 Å². The van der Waals surface area contributed by atoms with Crippen LogP contribution in [0.5, 0.6) is 0 Å². The minimum atomic E-state index is -3.30. The molecule has 7 heteroatoms. The fourth-order valence-corrected chi connectivity index (χ4v) is 3.96. The molecule has 0 unspecified atom stereocenters. The first-order valence-corrected chi connectivity index (χ1v) is 7.83. The van der Waals surface area contributed by atoms with E-state index >= 15 is 0 Å². The number of hydrogen-bond donors (Lipinski definition) is 1. The van der Waals surface area contributed by atoms with Gasteiger partial charge in [-0.25, -0.2) is 0 Å². The van der Waals surface area contributed by atoms with E-state index in [4.69, 9.17) is 0 Å². The zero-order valence-electron chi connectivity index (χ0n) is 9.80. The fourth-order valence-electron chi connectivity index (χ4n) is 1.78. The van der Waals surface area contributed by atoms with Gasteiger partial charge in [-0.2, -0.15) is 17.0 Å². The highest BCUT2D eigenvalue weighted by atomic mass is 32.2. The molecule has 0 aliphatic carbocycles. The number of rotatable bonds is 4. The topological polar surface area (TPSA) is 52.7 Å². The molecule has 0 amide bonds. The van der Waals surface area contributed by atoms with E-state index < -0.39 is 10.2 Å². The molecule has 0 bridgehead atoms. The van der Waals surface area contributed by atoms with Crippen molar-refractivity contribution in [3.63, 3.8) is 0 Å². The van der Waals surface area contributed by atoms with E-state index in [2.05, 4.69) is 5.32 Å². The molecule has 0 spiro atoms. The van der Waals surface area contributed by atoms with Crippen LogP contribution in [0.4, 0.5) is 0 Å². The van der Waals surface area contributed by atoms with Crippen LogP contribution in [0.25, 0.3) is 0 Å². The molecule has 1 aliphatic heterocycles. The Kier molecular flexibility index (Phi) is 4.16. The van der Waals surface area contributed by atoms with E-state index in [0.29, 0.717) is 19.6 Å². The zero-order chi connectivity index (χ0) is 12.3. The van der Waals surface area contributed by atoms with Gasteiger partial charge in [-0.05, 0) is 11.4 Å². The van der Waals surface area contributed by atoms with Crippen molar-refractivity contribution in [2.45, 2.75) is 6.54 Å². The normalized spacial score (nSPS) is 18.7. The molecular weight excluding hydrogens is 258 g/mol. The Morgan fingerprint density at radius 1 is 1.47 bits per heavy atom. The number of piperazine rings is 1. The van der Waals surface area contributed by atoms with Crippen molar-refractivity contribution in [3.05, 3.63) is 22.4 Å². The molecule has 1 saturated heterocycles. The van der Waals surface area contributed by atoms with Crippen LogP contribution in [-0.2, 0) is 16.8 Å². The van der Waals surface area contributed by atoms with Gasteiger partial charge >= 0.3 is 0 Å². The molecule has 1 N–H and O–H groups in total. The summed E-state index contributed by atoms with van der Waals surface area (Å²) in [5, 5.41) is 5.11. The van der Waals surface area contributed by atoms with E-state index in [9.17, 15) is 8.42 Å². The third kappa shape index (κ3) is 3.05. The number of hydrogen-bond acceptors (Lipinski definition) is 4. The van der Waals surface area contributed by atoms with Gasteiger partial charge in [0.05, 0.1) is 0 Å². The van der Waals surface area contributed by atoms with Crippen LogP contribution >= 0.6 is 11.3 Å². The maximum absolute atomic E-state index is 12.2. The van der Waals surface area contributed by atoms with Crippen molar-refractivity contribution in [1.82, 2.24) is 13.9 Å². The molecule has 1 aromatic heterocycles. The summed E-state index contributed by atoms with van der Waals surface area (Å²) in [4.78, 5) is 1.06. The van der Waals surface area contributed by atoms with Crippen LogP contribution in [0, 0.1) is 0 Å². The molecule has 1 aliphatic rings. The predicted molar refractivity (Wildman–Crippen MR) is 69.1 cm³/mol. The molecule has 1 fully saturated rings. The van der Waals surface area contributed by atoms with E-state index in [1.807, 2.05) is 17.5 Å². The third-order valence-corrected chi connectivity index (χ3v) is 5.55. The molecule has 5 nitrogen and oxygen atoms in total. The lowest BCUT2D eigenvalue weighted by Gasteiger charge is -2.30. The summed E-state index contributed by atoms with van der Waals surface area (Å²) < 4.78 is 27.4. The van der Waals surface area contributed by atoms with Crippen molar-refractivity contribution < 1.29 is 8.42 Å². The second-order valence-electron chi connectivity index (χ2n) is 3.99. The Morgan fingerprint density at radius 3 is 2.76 bits per heavy atom. The van der Waals surface area contributed by atoms with Crippen molar-refractivity contribution >= 4 is 21.5 Å². The first-order valence-electron chi connectivity index (χ1n) is 5.55. The molecular formula is C10H17N3O2S2. The quantitative estimate of drug-likeness (QED) is 0.861. The predicted octanol–water partition coefficient (Wildman–Crippen LogP) is 0.330. The maximum Gasteiger partial charge on any atom is 0.282 e. The van der Waals surface area contributed by atoms with Gasteiger partial charge in [-0.1, -0.05) is 6.07 Å². The van der Waals surface area contributed by atoms with Crippen molar-refractivity contribution in [2.75, 3.05) is 33.2 Å². The largest absolute Gasteiger partial charge is 0.314 e. The van der Waals surface area contributed by atoms with Gasteiger partial charge in [0.2, 0.25) is 0 Å². The van der Waals surface area contributed by atoms with Gasteiger partial charge in [-0.3, -0.25) is 0 Å².